The van der Waals surface area contributed by atoms with Crippen molar-refractivity contribution >= 4 is 29.1 Å². The number of ether oxygens (including phenoxy) is 1. The van der Waals surface area contributed by atoms with E-state index < -0.39 is 13.3 Å². The van der Waals surface area contributed by atoms with Crippen LogP contribution in [0.1, 0.15) is 5.56 Å². The Kier molecular flexibility index (Phi) is 9.59. The maximum absolute atomic E-state index is 12.7. The van der Waals surface area contributed by atoms with Crippen LogP contribution in [0.5, 0.6) is 0 Å². The van der Waals surface area contributed by atoms with E-state index in [2.05, 4.69) is 72.8 Å². The second-order valence-electron chi connectivity index (χ2n) is 8.00. The van der Waals surface area contributed by atoms with Gasteiger partial charge in [0.05, 0.1) is 0 Å². The number of hydrogen-bond acceptors (Lipinski definition) is 3. The fraction of sp³-hybridized carbons (Fsp3) is 0.138. The highest BCUT2D eigenvalue weighted by molar-refractivity contribution is 7.95. The molecule has 4 aromatic carbocycles. The Hall–Kier alpha value is -2.78. The Balaban J connectivity index is 0.00000324. The molecule has 4 aromatic rings. The third-order valence-electron chi connectivity index (χ3n) is 5.86. The van der Waals surface area contributed by atoms with Crippen LogP contribution in [-0.2, 0) is 16.0 Å². The second kappa shape index (κ2) is 12.6. The molecule has 0 spiro atoms. The average Bonchev–Trinajstić information content (AvgIpc) is 2.89. The smallest absolute Gasteiger partial charge is 0.323 e. The summed E-state index contributed by atoms with van der Waals surface area (Å²) in [4.78, 5) is 12.7. The third-order valence-corrected chi connectivity index (χ3v) is 10.3. The van der Waals surface area contributed by atoms with Gasteiger partial charge in [0, 0.05) is 0 Å². The molecule has 0 saturated heterocycles. The zero-order valence-electron chi connectivity index (χ0n) is 19.0. The maximum Gasteiger partial charge on any atom is 0.323 e. The first kappa shape index (κ1) is 25.8. The van der Waals surface area contributed by atoms with E-state index in [0.29, 0.717) is 13.0 Å². The van der Waals surface area contributed by atoms with E-state index in [-0.39, 0.29) is 23.0 Å². The Bertz CT molecular complexity index is 1050. The summed E-state index contributed by atoms with van der Waals surface area (Å²) >= 11 is 0. The maximum atomic E-state index is 12.7. The van der Waals surface area contributed by atoms with Gasteiger partial charge in [0.15, 0.2) is 0 Å². The number of esters is 1. The molecule has 0 radical (unpaired) electrons. The summed E-state index contributed by atoms with van der Waals surface area (Å²) in [6.45, 7) is 0.313. The Morgan fingerprint density at radius 3 is 1.47 bits per heavy atom. The van der Waals surface area contributed by atoms with Crippen molar-refractivity contribution in [3.63, 3.8) is 0 Å². The van der Waals surface area contributed by atoms with E-state index in [4.69, 9.17) is 10.5 Å². The van der Waals surface area contributed by atoms with Crippen LogP contribution in [-0.4, -0.2) is 24.8 Å². The molecule has 34 heavy (non-hydrogen) atoms. The van der Waals surface area contributed by atoms with Gasteiger partial charge in [0.25, 0.3) is 0 Å². The molecular formula is C29H29BrNO2P. The van der Waals surface area contributed by atoms with Crippen LogP contribution in [0.3, 0.4) is 0 Å². The van der Waals surface area contributed by atoms with Gasteiger partial charge in [-0.25, -0.2) is 0 Å². The molecule has 1 atom stereocenters. The molecule has 4 rings (SSSR count). The molecule has 2 N–H and O–H groups in total. The Morgan fingerprint density at radius 2 is 1.06 bits per heavy atom. The molecule has 5 heteroatoms. The van der Waals surface area contributed by atoms with Crippen LogP contribution in [0.25, 0.3) is 0 Å². The predicted molar refractivity (Wildman–Crippen MR) is 139 cm³/mol. The number of benzene rings is 4. The Morgan fingerprint density at radius 1 is 0.676 bits per heavy atom. The van der Waals surface area contributed by atoms with Gasteiger partial charge in [0.1, 0.15) is 42.0 Å². The van der Waals surface area contributed by atoms with E-state index in [1.54, 1.807) is 0 Å². The molecule has 0 aromatic heterocycles. The minimum atomic E-state index is -2.02. The summed E-state index contributed by atoms with van der Waals surface area (Å²) in [6, 6.07) is 40.9. The van der Waals surface area contributed by atoms with E-state index in [0.717, 1.165) is 11.7 Å². The first-order valence-electron chi connectivity index (χ1n) is 11.2. The van der Waals surface area contributed by atoms with Gasteiger partial charge in [-0.2, -0.15) is 0 Å². The molecule has 0 bridgehead atoms. The molecule has 0 amide bonds. The van der Waals surface area contributed by atoms with E-state index in [1.807, 2.05) is 48.5 Å². The SMILES string of the molecule is N[C@@H](Cc1ccccc1)C(=O)OCC[P+](c1ccccc1)(c1ccccc1)c1ccccc1.[Br-]. The number of hydrogen-bond donors (Lipinski definition) is 1. The van der Waals surface area contributed by atoms with Gasteiger partial charge < -0.3 is 27.5 Å². The quantitative estimate of drug-likeness (QED) is 0.259. The van der Waals surface area contributed by atoms with Crippen molar-refractivity contribution in [1.82, 2.24) is 0 Å². The van der Waals surface area contributed by atoms with Crippen molar-refractivity contribution in [2.24, 2.45) is 5.73 Å². The number of carbonyl (C=O) groups excluding carboxylic acids is 1. The van der Waals surface area contributed by atoms with Crippen molar-refractivity contribution in [3.05, 3.63) is 127 Å². The molecule has 0 saturated carbocycles. The van der Waals surface area contributed by atoms with E-state index >= 15 is 0 Å². The van der Waals surface area contributed by atoms with Crippen molar-refractivity contribution in [2.75, 3.05) is 12.8 Å². The fourth-order valence-corrected chi connectivity index (χ4v) is 8.30. The summed E-state index contributed by atoms with van der Waals surface area (Å²) in [5.41, 5.74) is 7.20. The number of rotatable bonds is 9. The van der Waals surface area contributed by atoms with Gasteiger partial charge in [0.2, 0.25) is 0 Å². The largest absolute Gasteiger partial charge is 1.00 e. The molecule has 0 aliphatic rings. The van der Waals surface area contributed by atoms with Gasteiger partial charge in [-0.1, -0.05) is 84.9 Å². The third kappa shape index (κ3) is 6.01. The molecule has 0 unspecified atom stereocenters. The molecular weight excluding hydrogens is 505 g/mol. The van der Waals surface area contributed by atoms with Crippen LogP contribution < -0.4 is 38.6 Å². The van der Waals surface area contributed by atoms with Crippen LogP contribution in [0.4, 0.5) is 0 Å². The number of nitrogens with two attached hydrogens (primary N) is 1. The highest BCUT2D eigenvalue weighted by atomic mass is 79.9. The Labute approximate surface area is 213 Å². The molecule has 0 fully saturated rings. The van der Waals surface area contributed by atoms with Crippen LogP contribution in [0, 0.1) is 0 Å². The van der Waals surface area contributed by atoms with E-state index in [1.165, 1.54) is 15.9 Å². The summed E-state index contributed by atoms with van der Waals surface area (Å²) in [7, 11) is -2.02. The average molecular weight is 534 g/mol. The lowest BCUT2D eigenvalue weighted by Gasteiger charge is -2.27. The van der Waals surface area contributed by atoms with Crippen LogP contribution in [0.2, 0.25) is 0 Å². The normalized spacial score (nSPS) is 11.8. The fourth-order valence-electron chi connectivity index (χ4n) is 4.22. The van der Waals surface area contributed by atoms with Gasteiger partial charge in [-0.05, 0) is 48.4 Å². The molecule has 0 aliphatic heterocycles. The first-order chi connectivity index (χ1) is 16.2. The van der Waals surface area contributed by atoms with Crippen molar-refractivity contribution in [3.8, 4) is 0 Å². The van der Waals surface area contributed by atoms with Crippen LogP contribution >= 0.6 is 7.26 Å². The summed E-state index contributed by atoms with van der Waals surface area (Å²) < 4.78 is 5.76. The summed E-state index contributed by atoms with van der Waals surface area (Å²) in [5.74, 6) is -0.355. The first-order valence-corrected chi connectivity index (χ1v) is 13.2. The van der Waals surface area contributed by atoms with Gasteiger partial charge in [-0.15, -0.1) is 0 Å². The van der Waals surface area contributed by atoms with Gasteiger partial charge in [-0.3, -0.25) is 4.79 Å². The monoisotopic (exact) mass is 533 g/mol. The zero-order valence-corrected chi connectivity index (χ0v) is 21.4. The highest BCUT2D eigenvalue weighted by Crippen LogP contribution is 2.54. The lowest BCUT2D eigenvalue weighted by molar-refractivity contribution is -0.144. The highest BCUT2D eigenvalue weighted by Gasteiger charge is 2.45. The zero-order chi connectivity index (χ0) is 22.9. The molecule has 0 heterocycles. The van der Waals surface area contributed by atoms with Crippen molar-refractivity contribution in [1.29, 1.82) is 0 Å². The van der Waals surface area contributed by atoms with Crippen molar-refractivity contribution in [2.45, 2.75) is 12.5 Å². The number of carbonyl (C=O) groups is 1. The summed E-state index contributed by atoms with van der Waals surface area (Å²) in [6.07, 6.45) is 1.19. The van der Waals surface area contributed by atoms with E-state index in [9.17, 15) is 4.79 Å². The number of halogens is 1. The van der Waals surface area contributed by atoms with Crippen LogP contribution in [0.15, 0.2) is 121 Å². The molecule has 0 aliphatic carbocycles. The topological polar surface area (TPSA) is 52.3 Å². The lowest BCUT2D eigenvalue weighted by atomic mass is 10.1. The minimum absolute atomic E-state index is 0. The molecule has 3 nitrogen and oxygen atoms in total. The minimum Gasteiger partial charge on any atom is -1.00 e. The summed E-state index contributed by atoms with van der Waals surface area (Å²) in [5, 5.41) is 3.81. The predicted octanol–water partition coefficient (Wildman–Crippen LogP) is 1.10. The standard InChI is InChI=1S/C29H29NO2P.BrH/c30-28(23-24-13-5-1-6-14-24)29(31)32-21-22-33(25-15-7-2-8-16-25,26-17-9-3-10-18-26)27-19-11-4-12-20-27;/h1-20,28H,21-23,30H2;1H/q+1;/p-1/t28-;/m0./s1. The van der Waals surface area contributed by atoms with Crippen molar-refractivity contribution < 1.29 is 26.5 Å². The van der Waals surface area contributed by atoms with Gasteiger partial charge >= 0.3 is 5.97 Å². The molecule has 174 valence electrons. The lowest BCUT2D eigenvalue weighted by Crippen LogP contribution is -3.00. The second-order valence-corrected chi connectivity index (χ2v) is 11.6.